The van der Waals surface area contributed by atoms with E-state index in [1.165, 1.54) is 39.6 Å². The summed E-state index contributed by atoms with van der Waals surface area (Å²) >= 11 is 0. The van der Waals surface area contributed by atoms with Crippen LogP contribution in [0.5, 0.6) is 11.6 Å². The number of aryl methyl sites for hydroxylation is 3. The number of fused-ring (bicyclic) bond motifs is 4. The number of anilines is 1. The van der Waals surface area contributed by atoms with Crippen LogP contribution in [0.15, 0.2) is 59.1 Å². The molecule has 3 aromatic rings. The van der Waals surface area contributed by atoms with Crippen LogP contribution in [0.25, 0.3) is 0 Å². The summed E-state index contributed by atoms with van der Waals surface area (Å²) in [6.07, 6.45) is 9.87. The number of carbonyl (C=O) groups is 3. The largest absolute Gasteiger partial charge is 0.490 e. The number of methoxy groups -OCH3 is 1. The van der Waals surface area contributed by atoms with Gasteiger partial charge in [-0.15, -0.1) is 9.46 Å². The summed E-state index contributed by atoms with van der Waals surface area (Å²) in [5.41, 5.74) is 3.05. The molecule has 2 aromatic carbocycles. The zero-order valence-corrected chi connectivity index (χ0v) is 34.1. The van der Waals surface area contributed by atoms with Crippen molar-refractivity contribution >= 4 is 33.3 Å². The monoisotopic (exact) mass is 786 g/mol. The highest BCUT2D eigenvalue weighted by molar-refractivity contribution is 7.92. The van der Waals surface area contributed by atoms with E-state index >= 15 is 0 Å². The van der Waals surface area contributed by atoms with Gasteiger partial charge in [0.15, 0.2) is 0 Å². The van der Waals surface area contributed by atoms with Gasteiger partial charge in [0.2, 0.25) is 11.8 Å². The van der Waals surface area contributed by atoms with Crippen LogP contribution in [-0.4, -0.2) is 94.0 Å². The van der Waals surface area contributed by atoms with Gasteiger partial charge >= 0.3 is 0 Å². The minimum atomic E-state index is -3.71. The van der Waals surface area contributed by atoms with E-state index in [2.05, 4.69) is 44.2 Å². The summed E-state index contributed by atoms with van der Waals surface area (Å²) < 4.78 is 34.9. The number of benzene rings is 2. The molecule has 2 bridgehead atoms. The normalized spacial score (nSPS) is 29.4. The smallest absolute Gasteiger partial charge is 0.286 e. The molecule has 1 fully saturated rings. The fourth-order valence-electron chi connectivity index (χ4n) is 9.07. The summed E-state index contributed by atoms with van der Waals surface area (Å²) in [7, 11) is 2.68. The van der Waals surface area contributed by atoms with Gasteiger partial charge in [-0.1, -0.05) is 42.8 Å². The maximum atomic E-state index is 14.7. The molecule has 1 saturated carbocycles. The number of hydrogen-bond donors (Lipinski definition) is 2. The minimum Gasteiger partial charge on any atom is -0.490 e. The van der Waals surface area contributed by atoms with Crippen LogP contribution < -0.4 is 19.1 Å². The maximum absolute atomic E-state index is 14.7. The van der Waals surface area contributed by atoms with E-state index in [0.29, 0.717) is 37.6 Å². The second kappa shape index (κ2) is 15.3. The van der Waals surface area contributed by atoms with Gasteiger partial charge in [-0.3, -0.25) is 23.8 Å². The summed E-state index contributed by atoms with van der Waals surface area (Å²) in [5.74, 6) is -1.62. The van der Waals surface area contributed by atoms with E-state index in [1.54, 1.807) is 45.4 Å². The number of nitrogens with one attached hydrogen (secondary N) is 1. The lowest BCUT2D eigenvalue weighted by Gasteiger charge is -2.49. The molecule has 7 rings (SSSR count). The van der Waals surface area contributed by atoms with Crippen molar-refractivity contribution in [3.8, 4) is 11.6 Å². The van der Waals surface area contributed by atoms with Crippen molar-refractivity contribution in [3.63, 3.8) is 0 Å². The zero-order valence-electron chi connectivity index (χ0n) is 33.2. The number of allylic oxidation sites excluding steroid dienone is 1. The third kappa shape index (κ3) is 7.82. The van der Waals surface area contributed by atoms with Crippen LogP contribution >= 0.6 is 0 Å². The molecule has 3 heterocycles. The fraction of sp³-hybridized carbons (Fsp3) is 0.524. The highest BCUT2D eigenvalue weighted by Crippen LogP contribution is 2.49. The number of hydrogen-bond acceptors (Lipinski definition) is 9. The van der Waals surface area contributed by atoms with E-state index in [0.717, 1.165) is 32.1 Å². The Morgan fingerprint density at radius 1 is 1.18 bits per heavy atom. The number of amides is 3. The minimum absolute atomic E-state index is 0.0451. The van der Waals surface area contributed by atoms with E-state index in [4.69, 9.17) is 9.47 Å². The maximum Gasteiger partial charge on any atom is 0.286 e. The van der Waals surface area contributed by atoms with Gasteiger partial charge in [0.25, 0.3) is 11.8 Å². The zero-order chi connectivity index (χ0) is 40.0. The number of ether oxygens (including phenoxy) is 2. The summed E-state index contributed by atoms with van der Waals surface area (Å²) in [6, 6.07) is 11.9. The Bertz CT molecular complexity index is 2190. The van der Waals surface area contributed by atoms with Gasteiger partial charge in [-0.25, -0.2) is 4.21 Å². The topological polar surface area (TPSA) is 156 Å². The van der Waals surface area contributed by atoms with Crippen molar-refractivity contribution in [1.82, 2.24) is 19.4 Å². The third-order valence-electron chi connectivity index (χ3n) is 12.1. The van der Waals surface area contributed by atoms with E-state index in [-0.39, 0.29) is 58.3 Å². The van der Waals surface area contributed by atoms with Gasteiger partial charge in [0.1, 0.15) is 21.2 Å². The number of rotatable bonds is 5. The van der Waals surface area contributed by atoms with Crippen molar-refractivity contribution < 1.29 is 33.2 Å². The van der Waals surface area contributed by atoms with Gasteiger partial charge in [-0.05, 0) is 92.5 Å². The molecule has 2 N–H and O–H groups in total. The quantitative estimate of drug-likeness (QED) is 0.340. The molecular weight excluding hydrogens is 733 g/mol. The first-order valence-corrected chi connectivity index (χ1v) is 21.2. The number of carbonyl (C=O) groups excluding carboxylic acids is 3. The molecular formula is C42H54N6O7S. The third-order valence-corrected chi connectivity index (χ3v) is 14.1. The molecule has 2 aliphatic heterocycles. The van der Waals surface area contributed by atoms with Crippen LogP contribution in [-0.2, 0) is 33.6 Å². The molecule has 56 heavy (non-hydrogen) atoms. The van der Waals surface area contributed by atoms with Crippen molar-refractivity contribution in [2.24, 2.45) is 29.2 Å². The predicted molar refractivity (Wildman–Crippen MR) is 214 cm³/mol. The Morgan fingerprint density at radius 3 is 2.71 bits per heavy atom. The van der Waals surface area contributed by atoms with Crippen LogP contribution in [0, 0.1) is 24.7 Å². The summed E-state index contributed by atoms with van der Waals surface area (Å²) in [6.45, 7) is 5.61. The lowest BCUT2D eigenvalue weighted by Crippen LogP contribution is -2.53. The Labute approximate surface area is 329 Å². The summed E-state index contributed by atoms with van der Waals surface area (Å²) in [5, 5.41) is 16.6. The van der Waals surface area contributed by atoms with Crippen LogP contribution in [0.4, 0.5) is 5.69 Å². The molecule has 4 aliphatic rings. The van der Waals surface area contributed by atoms with E-state index < -0.39 is 27.3 Å². The fourth-order valence-corrected chi connectivity index (χ4v) is 11.0. The second-order valence-corrected chi connectivity index (χ2v) is 18.7. The van der Waals surface area contributed by atoms with Gasteiger partial charge in [-0.2, -0.15) is 0 Å². The first-order chi connectivity index (χ1) is 26.6. The highest BCUT2D eigenvalue weighted by atomic mass is 32.2. The first kappa shape index (κ1) is 39.5. The highest BCUT2D eigenvalue weighted by Gasteiger charge is 2.49. The molecule has 13 nitrogen and oxygen atoms in total. The Morgan fingerprint density at radius 2 is 1.98 bits per heavy atom. The van der Waals surface area contributed by atoms with Crippen molar-refractivity contribution in [2.75, 3.05) is 51.6 Å². The second-order valence-electron chi connectivity index (χ2n) is 16.6. The molecule has 0 saturated heterocycles. The predicted octanol–water partition coefficient (Wildman–Crippen LogP) is 5.00. The number of aromatic nitrogens is 2. The molecule has 2 unspecified atom stereocenters. The standard InChI is InChI=1S/C42H54N6O7S/c1-27-11-14-33-29(19-27)10-8-17-41(33)25-48-22-31-12-15-34(31)42(52,21-37(49)46(3)4)18-7-9-28(2)24-56(53,45-39(51)32-23-47(5)43-40(32)54-6)44-38(50)30-13-16-36(55-26-41)35(48)20-30/h7,11,13-14,16,18-20,23,28,31,34,52H,8-10,12,15,17,21-22,24-26H2,1-6H3,(H,44,45,50,51,53)/b18-7+/t28-,31-,34+,41-,42?,56?/m0/s1. The Balaban J connectivity index is 1.34. The molecule has 0 radical (unpaired) electrons. The molecule has 1 aromatic heterocycles. The molecule has 14 heteroatoms. The van der Waals surface area contributed by atoms with Crippen molar-refractivity contribution in [3.05, 3.63) is 82.6 Å². The van der Waals surface area contributed by atoms with Crippen LogP contribution in [0.1, 0.15) is 82.9 Å². The average molecular weight is 787 g/mol. The van der Waals surface area contributed by atoms with E-state index in [1.807, 2.05) is 13.0 Å². The van der Waals surface area contributed by atoms with Crippen molar-refractivity contribution in [1.29, 1.82) is 0 Å². The number of nitrogens with zero attached hydrogens (tertiary/aromatic N) is 5. The molecule has 6 atom stereocenters. The lowest BCUT2D eigenvalue weighted by molar-refractivity contribution is -0.137. The van der Waals surface area contributed by atoms with Gasteiger partial charge < -0.3 is 24.4 Å². The molecule has 300 valence electrons. The number of aliphatic hydroxyl groups is 1. The first-order valence-electron chi connectivity index (χ1n) is 19.5. The Kier molecular flexibility index (Phi) is 10.8. The van der Waals surface area contributed by atoms with Gasteiger partial charge in [0, 0.05) is 51.4 Å². The van der Waals surface area contributed by atoms with Crippen LogP contribution in [0.3, 0.4) is 0 Å². The van der Waals surface area contributed by atoms with Crippen LogP contribution in [0.2, 0.25) is 0 Å². The SMILES string of the molecule is COc1nn(C)cc1C(=O)NS1(=O)=NC(=O)c2ccc3c(c2)N(C[C@@H]2CC[C@H]2C(O)(CC(=O)N(C)C)/C=C/C[C@H](C)C1)C[C@@]1(CCCc2cc(C)ccc21)CO3. The van der Waals surface area contributed by atoms with Crippen molar-refractivity contribution in [2.45, 2.75) is 69.8 Å². The lowest BCUT2D eigenvalue weighted by atomic mass is 9.63. The van der Waals surface area contributed by atoms with Gasteiger partial charge in [0.05, 0.1) is 37.2 Å². The van der Waals surface area contributed by atoms with E-state index in [9.17, 15) is 23.7 Å². The summed E-state index contributed by atoms with van der Waals surface area (Å²) in [4.78, 5) is 44.8. The molecule has 1 spiro atoms. The molecule has 3 amide bonds. The Hall–Kier alpha value is -4.69. The average Bonchev–Trinajstić information content (AvgIpc) is 3.44. The molecule has 2 aliphatic carbocycles.